The van der Waals surface area contributed by atoms with E-state index in [1.54, 1.807) is 0 Å². The van der Waals surface area contributed by atoms with Crippen LogP contribution in [0.2, 0.25) is 0 Å². The van der Waals surface area contributed by atoms with Crippen LogP contribution in [0.1, 0.15) is 0 Å². The van der Waals surface area contributed by atoms with E-state index >= 15 is 0 Å². The van der Waals surface area contributed by atoms with E-state index < -0.39 is 37.1 Å². The van der Waals surface area contributed by atoms with Crippen LogP contribution in [0, 0.1) is 0 Å². The molecule has 8 N–H and O–H groups in total. The van der Waals surface area contributed by atoms with Gasteiger partial charge in [-0.15, -0.1) is 0 Å². The quantitative estimate of drug-likeness (QED) is 0.205. The van der Waals surface area contributed by atoms with Crippen molar-refractivity contribution in [1.29, 1.82) is 0 Å². The lowest BCUT2D eigenvalue weighted by atomic mass is 10.0. The molecule has 104 valence electrons. The predicted octanol–water partition coefficient (Wildman–Crippen LogP) is -4.63. The molecular formula is C9H21NO7. The fraction of sp³-hybridized carbons (Fsp3) is 1.00. The molecule has 8 nitrogen and oxygen atoms in total. The maximum Gasteiger partial charge on any atom is 0.111 e. The molecule has 4 atom stereocenters. The molecule has 0 aliphatic heterocycles. The van der Waals surface area contributed by atoms with E-state index in [4.69, 9.17) is 20.4 Å². The zero-order valence-corrected chi connectivity index (χ0v) is 9.35. The average molecular weight is 255 g/mol. The van der Waals surface area contributed by atoms with Gasteiger partial charge in [0, 0.05) is 6.54 Å². The Kier molecular flexibility index (Phi) is 8.56. The molecule has 0 radical (unpaired) electrons. The highest BCUT2D eigenvalue weighted by Crippen LogP contribution is 2.04. The summed E-state index contributed by atoms with van der Waals surface area (Å²) in [6, 6.07) is -0.642. The van der Waals surface area contributed by atoms with Gasteiger partial charge < -0.3 is 41.1 Å². The van der Waals surface area contributed by atoms with Crippen molar-refractivity contribution >= 4 is 0 Å². The third-order valence-corrected chi connectivity index (χ3v) is 2.38. The summed E-state index contributed by atoms with van der Waals surface area (Å²) in [6.07, 6.45) is -6.29. The molecule has 0 unspecified atom stereocenters. The number of nitrogens with one attached hydrogen (secondary N) is 1. The molecule has 8 heteroatoms. The molecule has 0 saturated heterocycles. The van der Waals surface area contributed by atoms with Gasteiger partial charge >= 0.3 is 0 Å². The highest BCUT2D eigenvalue weighted by molar-refractivity contribution is 4.82. The number of hydrogen-bond donors (Lipinski definition) is 8. The van der Waals surface area contributed by atoms with Gasteiger partial charge in [0.2, 0.25) is 0 Å². The fourth-order valence-corrected chi connectivity index (χ4v) is 1.16. The van der Waals surface area contributed by atoms with Crippen molar-refractivity contribution in [3.05, 3.63) is 0 Å². The Morgan fingerprint density at radius 2 is 1.18 bits per heavy atom. The van der Waals surface area contributed by atoms with Crippen LogP contribution >= 0.6 is 0 Å². The SMILES string of the molecule is OCC(CO)NC[C@H](O)[C@@H](O)[C@H](O)[C@H](O)CO. The highest BCUT2D eigenvalue weighted by Gasteiger charge is 2.30. The Morgan fingerprint density at radius 3 is 1.59 bits per heavy atom. The zero-order chi connectivity index (χ0) is 13.4. The summed E-state index contributed by atoms with van der Waals surface area (Å²) in [5.41, 5.74) is 0. The lowest BCUT2D eigenvalue weighted by Crippen LogP contribution is -2.51. The lowest BCUT2D eigenvalue weighted by molar-refractivity contribution is -0.114. The molecular weight excluding hydrogens is 234 g/mol. The van der Waals surface area contributed by atoms with E-state index in [0.717, 1.165) is 0 Å². The minimum absolute atomic E-state index is 0.192. The smallest absolute Gasteiger partial charge is 0.111 e. The van der Waals surface area contributed by atoms with Crippen LogP contribution in [0.25, 0.3) is 0 Å². The number of aliphatic hydroxyl groups excluding tert-OH is 7. The standard InChI is InChI=1S/C9H21NO7/c11-2-5(3-12)10-1-6(14)8(16)9(17)7(15)4-13/h5-17H,1-4H2/t6-,7+,8+,9+/m0/s1. The normalized spacial score (nSPS) is 19.1. The third kappa shape index (κ3) is 5.70. The summed E-state index contributed by atoms with van der Waals surface area (Å²) in [4.78, 5) is 0. The Balaban J connectivity index is 4.08. The molecule has 0 aromatic heterocycles. The van der Waals surface area contributed by atoms with Crippen molar-refractivity contribution in [3.63, 3.8) is 0 Å². The summed E-state index contributed by atoms with van der Waals surface area (Å²) in [5.74, 6) is 0. The molecule has 0 aromatic carbocycles. The van der Waals surface area contributed by atoms with E-state index in [-0.39, 0.29) is 19.8 Å². The van der Waals surface area contributed by atoms with Crippen molar-refractivity contribution in [1.82, 2.24) is 5.32 Å². The van der Waals surface area contributed by atoms with Crippen molar-refractivity contribution in [2.24, 2.45) is 0 Å². The van der Waals surface area contributed by atoms with Crippen LogP contribution in [-0.4, -0.2) is 92.6 Å². The summed E-state index contributed by atoms with van der Waals surface area (Å²) in [5, 5.41) is 65.7. The van der Waals surface area contributed by atoms with E-state index in [1.165, 1.54) is 0 Å². The average Bonchev–Trinajstić information content (AvgIpc) is 2.36. The van der Waals surface area contributed by atoms with Gasteiger partial charge in [-0.3, -0.25) is 0 Å². The van der Waals surface area contributed by atoms with Gasteiger partial charge in [0.15, 0.2) is 0 Å². The molecule has 17 heavy (non-hydrogen) atoms. The summed E-state index contributed by atoms with van der Waals surface area (Å²) in [7, 11) is 0. The van der Waals surface area contributed by atoms with Gasteiger partial charge in [-0.25, -0.2) is 0 Å². The Bertz CT molecular complexity index is 190. The summed E-state index contributed by atoms with van der Waals surface area (Å²) in [6.45, 7) is -1.63. The molecule has 0 saturated carbocycles. The third-order valence-electron chi connectivity index (χ3n) is 2.38. The van der Waals surface area contributed by atoms with E-state index in [9.17, 15) is 15.3 Å². The minimum atomic E-state index is -1.68. The van der Waals surface area contributed by atoms with Crippen LogP contribution in [-0.2, 0) is 0 Å². The van der Waals surface area contributed by atoms with E-state index in [2.05, 4.69) is 5.32 Å². The van der Waals surface area contributed by atoms with Crippen LogP contribution in [0.5, 0.6) is 0 Å². The van der Waals surface area contributed by atoms with E-state index in [1.807, 2.05) is 0 Å². The molecule has 0 amide bonds. The molecule has 0 aromatic rings. The largest absolute Gasteiger partial charge is 0.395 e. The number of hydrogen-bond acceptors (Lipinski definition) is 8. The van der Waals surface area contributed by atoms with Crippen molar-refractivity contribution in [2.45, 2.75) is 30.5 Å². The van der Waals surface area contributed by atoms with Crippen LogP contribution in [0.15, 0.2) is 0 Å². The Hall–Kier alpha value is -0.320. The number of aliphatic hydroxyl groups is 7. The maximum absolute atomic E-state index is 9.44. The first-order chi connectivity index (χ1) is 7.97. The van der Waals surface area contributed by atoms with Gasteiger partial charge in [-0.1, -0.05) is 0 Å². The highest BCUT2D eigenvalue weighted by atomic mass is 16.4. The first kappa shape index (κ1) is 16.7. The molecule has 0 aliphatic carbocycles. The topological polar surface area (TPSA) is 154 Å². The number of rotatable bonds is 9. The molecule has 0 bridgehead atoms. The minimum Gasteiger partial charge on any atom is -0.395 e. The molecule has 0 spiro atoms. The summed E-state index contributed by atoms with van der Waals surface area (Å²) < 4.78 is 0. The molecule has 0 fully saturated rings. The second-order valence-corrected chi connectivity index (χ2v) is 3.77. The second-order valence-electron chi connectivity index (χ2n) is 3.77. The van der Waals surface area contributed by atoms with Crippen molar-refractivity contribution in [2.75, 3.05) is 26.4 Å². The Morgan fingerprint density at radius 1 is 0.706 bits per heavy atom. The first-order valence-electron chi connectivity index (χ1n) is 5.26. The van der Waals surface area contributed by atoms with Crippen LogP contribution < -0.4 is 5.32 Å². The molecule has 0 heterocycles. The first-order valence-corrected chi connectivity index (χ1v) is 5.26. The van der Waals surface area contributed by atoms with Gasteiger partial charge in [-0.05, 0) is 0 Å². The molecule has 0 rings (SSSR count). The van der Waals surface area contributed by atoms with Gasteiger partial charge in [0.1, 0.15) is 18.3 Å². The van der Waals surface area contributed by atoms with Crippen molar-refractivity contribution < 1.29 is 35.7 Å². The lowest BCUT2D eigenvalue weighted by Gasteiger charge is -2.26. The fourth-order valence-electron chi connectivity index (χ4n) is 1.16. The van der Waals surface area contributed by atoms with Gasteiger partial charge in [0.25, 0.3) is 0 Å². The van der Waals surface area contributed by atoms with Crippen LogP contribution in [0.4, 0.5) is 0 Å². The summed E-state index contributed by atoms with van der Waals surface area (Å²) >= 11 is 0. The van der Waals surface area contributed by atoms with Crippen LogP contribution in [0.3, 0.4) is 0 Å². The zero-order valence-electron chi connectivity index (χ0n) is 9.35. The van der Waals surface area contributed by atoms with Gasteiger partial charge in [0.05, 0.1) is 32.0 Å². The van der Waals surface area contributed by atoms with Gasteiger partial charge in [-0.2, -0.15) is 0 Å². The Labute approximate surface area is 98.8 Å². The molecule has 0 aliphatic rings. The maximum atomic E-state index is 9.44. The second kappa shape index (κ2) is 8.72. The van der Waals surface area contributed by atoms with E-state index in [0.29, 0.717) is 0 Å². The van der Waals surface area contributed by atoms with Crippen molar-refractivity contribution in [3.8, 4) is 0 Å². The predicted molar refractivity (Wildman–Crippen MR) is 57.1 cm³/mol. The monoisotopic (exact) mass is 255 g/mol.